The zero-order valence-electron chi connectivity index (χ0n) is 13.1. The van der Waals surface area contributed by atoms with Gasteiger partial charge in [-0.1, -0.05) is 18.2 Å². The van der Waals surface area contributed by atoms with Gasteiger partial charge in [-0.2, -0.15) is 0 Å². The summed E-state index contributed by atoms with van der Waals surface area (Å²) in [6.45, 7) is 3.31. The number of anilines is 2. The number of halogens is 1. The number of hydrogen-bond acceptors (Lipinski definition) is 3. The number of nitrogens with two attached hydrogens (primary N) is 1. The van der Waals surface area contributed by atoms with Gasteiger partial charge in [0.05, 0.1) is 13.2 Å². The second-order valence-electron chi connectivity index (χ2n) is 5.59. The minimum absolute atomic E-state index is 0. The molecule has 2 N–H and O–H groups in total. The third-order valence-corrected chi connectivity index (χ3v) is 4.37. The topological polar surface area (TPSA) is 38.5 Å². The number of nitrogen functional groups attached to an aromatic ring is 1. The summed E-state index contributed by atoms with van der Waals surface area (Å²) < 4.78 is 5.34. The minimum atomic E-state index is 0. The lowest BCUT2D eigenvalue weighted by atomic mass is 9.96. The molecule has 3 rings (SSSR count). The fourth-order valence-electron chi connectivity index (χ4n) is 3.16. The zero-order chi connectivity index (χ0) is 14.8. The SMILES string of the molecule is COc1cccc(C(C)N2CCCc3c(N)cccc32)c1.Cl. The number of benzene rings is 2. The molecular formula is C18H23ClN2O. The summed E-state index contributed by atoms with van der Waals surface area (Å²) in [5, 5.41) is 0. The molecule has 0 aliphatic carbocycles. The van der Waals surface area contributed by atoms with Crippen LogP contribution in [-0.2, 0) is 6.42 Å². The van der Waals surface area contributed by atoms with Gasteiger partial charge in [0.25, 0.3) is 0 Å². The lowest BCUT2D eigenvalue weighted by Crippen LogP contribution is -2.32. The van der Waals surface area contributed by atoms with Crippen LogP contribution in [-0.4, -0.2) is 13.7 Å². The molecule has 0 spiro atoms. The maximum Gasteiger partial charge on any atom is 0.119 e. The first-order valence-corrected chi connectivity index (χ1v) is 7.48. The molecule has 2 aromatic rings. The minimum Gasteiger partial charge on any atom is -0.497 e. The van der Waals surface area contributed by atoms with Crippen molar-refractivity contribution < 1.29 is 4.74 Å². The Morgan fingerprint density at radius 1 is 1.18 bits per heavy atom. The number of fused-ring (bicyclic) bond motifs is 1. The Balaban J connectivity index is 0.00000176. The quantitative estimate of drug-likeness (QED) is 0.861. The van der Waals surface area contributed by atoms with Gasteiger partial charge < -0.3 is 15.4 Å². The first kappa shape index (κ1) is 16.5. The normalized spacial score (nSPS) is 14.7. The van der Waals surface area contributed by atoms with Gasteiger partial charge in [0.1, 0.15) is 5.75 Å². The predicted molar refractivity (Wildman–Crippen MR) is 95.2 cm³/mol. The van der Waals surface area contributed by atoms with Crippen molar-refractivity contribution in [2.24, 2.45) is 0 Å². The van der Waals surface area contributed by atoms with Crippen LogP contribution >= 0.6 is 12.4 Å². The van der Waals surface area contributed by atoms with E-state index in [9.17, 15) is 0 Å². The maximum absolute atomic E-state index is 6.14. The van der Waals surface area contributed by atoms with Crippen molar-refractivity contribution in [3.8, 4) is 5.75 Å². The number of methoxy groups -OCH3 is 1. The summed E-state index contributed by atoms with van der Waals surface area (Å²) in [5.74, 6) is 0.907. The highest BCUT2D eigenvalue weighted by atomic mass is 35.5. The van der Waals surface area contributed by atoms with E-state index in [1.165, 1.54) is 16.8 Å². The van der Waals surface area contributed by atoms with Crippen LogP contribution in [0.4, 0.5) is 11.4 Å². The fraction of sp³-hybridized carbons (Fsp3) is 0.333. The average molecular weight is 319 g/mol. The molecule has 2 aromatic carbocycles. The first-order valence-electron chi connectivity index (χ1n) is 7.48. The standard InChI is InChI=1S/C18H22N2O.ClH/c1-13(14-6-3-7-15(12-14)21-2)20-11-5-8-16-17(19)9-4-10-18(16)20;/h3-4,6-7,9-10,12-13H,5,8,11,19H2,1-2H3;1H. The van der Waals surface area contributed by atoms with E-state index in [-0.39, 0.29) is 12.4 Å². The van der Waals surface area contributed by atoms with Crippen LogP contribution < -0.4 is 15.4 Å². The van der Waals surface area contributed by atoms with E-state index in [2.05, 4.69) is 36.1 Å². The molecule has 1 aliphatic rings. The molecule has 0 bridgehead atoms. The summed E-state index contributed by atoms with van der Waals surface area (Å²) >= 11 is 0. The molecule has 1 atom stereocenters. The average Bonchev–Trinajstić information content (AvgIpc) is 2.54. The molecule has 3 nitrogen and oxygen atoms in total. The summed E-state index contributed by atoms with van der Waals surface area (Å²) in [7, 11) is 1.71. The highest BCUT2D eigenvalue weighted by Crippen LogP contribution is 2.37. The van der Waals surface area contributed by atoms with Crippen LogP contribution in [0.2, 0.25) is 0 Å². The molecule has 1 heterocycles. The summed E-state index contributed by atoms with van der Waals surface area (Å²) in [4.78, 5) is 2.45. The highest BCUT2D eigenvalue weighted by molar-refractivity contribution is 5.85. The van der Waals surface area contributed by atoms with Gasteiger partial charge >= 0.3 is 0 Å². The van der Waals surface area contributed by atoms with Crippen molar-refractivity contribution in [3.63, 3.8) is 0 Å². The Morgan fingerprint density at radius 2 is 1.95 bits per heavy atom. The molecule has 118 valence electrons. The smallest absolute Gasteiger partial charge is 0.119 e. The lowest BCUT2D eigenvalue weighted by molar-refractivity contribution is 0.413. The highest BCUT2D eigenvalue weighted by Gasteiger charge is 2.23. The largest absolute Gasteiger partial charge is 0.497 e. The van der Waals surface area contributed by atoms with E-state index in [1.54, 1.807) is 7.11 Å². The molecule has 0 fully saturated rings. The second-order valence-corrected chi connectivity index (χ2v) is 5.59. The van der Waals surface area contributed by atoms with Gasteiger partial charge in [-0.3, -0.25) is 0 Å². The molecule has 22 heavy (non-hydrogen) atoms. The number of ether oxygens (including phenoxy) is 1. The summed E-state index contributed by atoms with van der Waals surface area (Å²) in [6.07, 6.45) is 2.22. The van der Waals surface area contributed by atoms with Crippen molar-refractivity contribution in [3.05, 3.63) is 53.6 Å². The molecule has 0 saturated carbocycles. The van der Waals surface area contributed by atoms with Crippen molar-refractivity contribution in [1.82, 2.24) is 0 Å². The second kappa shape index (κ2) is 6.93. The van der Waals surface area contributed by atoms with Gasteiger partial charge in [-0.15, -0.1) is 12.4 Å². The van der Waals surface area contributed by atoms with Gasteiger partial charge in [0.15, 0.2) is 0 Å². The zero-order valence-corrected chi connectivity index (χ0v) is 13.9. The molecule has 0 aromatic heterocycles. The Labute approximate surface area is 138 Å². The maximum atomic E-state index is 6.14. The number of hydrogen-bond donors (Lipinski definition) is 1. The van der Waals surface area contributed by atoms with E-state index in [0.717, 1.165) is 30.8 Å². The van der Waals surface area contributed by atoms with Gasteiger partial charge in [0.2, 0.25) is 0 Å². The monoisotopic (exact) mass is 318 g/mol. The first-order chi connectivity index (χ1) is 10.2. The van der Waals surface area contributed by atoms with Gasteiger partial charge in [-0.25, -0.2) is 0 Å². The Bertz CT molecular complexity index is 645. The van der Waals surface area contributed by atoms with Crippen LogP contribution in [0.25, 0.3) is 0 Å². The van der Waals surface area contributed by atoms with E-state index in [4.69, 9.17) is 10.5 Å². The van der Waals surface area contributed by atoms with E-state index in [1.807, 2.05) is 18.2 Å². The molecule has 1 unspecified atom stereocenters. The molecule has 0 amide bonds. The van der Waals surface area contributed by atoms with Crippen LogP contribution in [0.15, 0.2) is 42.5 Å². The van der Waals surface area contributed by atoms with Crippen molar-refractivity contribution in [2.75, 3.05) is 24.3 Å². The Hall–Kier alpha value is -1.87. The summed E-state index contributed by atoms with van der Waals surface area (Å²) in [6, 6.07) is 14.8. The molecular weight excluding hydrogens is 296 g/mol. The summed E-state index contributed by atoms with van der Waals surface area (Å²) in [5.41, 5.74) is 10.9. The Kier molecular flexibility index (Phi) is 5.19. The lowest BCUT2D eigenvalue weighted by Gasteiger charge is -2.37. The third kappa shape index (κ3) is 3.00. The van der Waals surface area contributed by atoms with Gasteiger partial charge in [0, 0.05) is 17.9 Å². The number of nitrogens with zero attached hydrogens (tertiary/aromatic N) is 1. The Morgan fingerprint density at radius 3 is 2.73 bits per heavy atom. The van der Waals surface area contributed by atoms with E-state index < -0.39 is 0 Å². The van der Waals surface area contributed by atoms with E-state index >= 15 is 0 Å². The van der Waals surface area contributed by atoms with Crippen LogP contribution in [0.1, 0.15) is 30.5 Å². The molecule has 0 saturated heterocycles. The van der Waals surface area contributed by atoms with Gasteiger partial charge in [-0.05, 0) is 55.2 Å². The van der Waals surface area contributed by atoms with Crippen molar-refractivity contribution >= 4 is 23.8 Å². The van der Waals surface area contributed by atoms with E-state index in [0.29, 0.717) is 6.04 Å². The molecule has 4 heteroatoms. The van der Waals surface area contributed by atoms with Crippen molar-refractivity contribution in [1.29, 1.82) is 0 Å². The molecule has 0 radical (unpaired) electrons. The van der Waals surface area contributed by atoms with Crippen LogP contribution in [0.5, 0.6) is 5.75 Å². The number of rotatable bonds is 3. The van der Waals surface area contributed by atoms with Crippen LogP contribution in [0.3, 0.4) is 0 Å². The third-order valence-electron chi connectivity index (χ3n) is 4.37. The van der Waals surface area contributed by atoms with Crippen LogP contribution in [0, 0.1) is 0 Å². The molecule has 1 aliphatic heterocycles. The fourth-order valence-corrected chi connectivity index (χ4v) is 3.16. The predicted octanol–water partition coefficient (Wildman–Crippen LogP) is 4.21. The van der Waals surface area contributed by atoms with Crippen molar-refractivity contribution in [2.45, 2.75) is 25.8 Å².